The van der Waals surface area contributed by atoms with Crippen molar-refractivity contribution in [3.63, 3.8) is 0 Å². The SMILES string of the molecule is Nc1cccc2c1CN(Cc1cc(F)c(F)c(F)c1)CC2. The second-order valence-electron chi connectivity index (χ2n) is 5.32. The molecule has 0 bridgehead atoms. The normalized spacial score (nSPS) is 15.0. The molecule has 1 heterocycles. The minimum Gasteiger partial charge on any atom is -0.398 e. The third kappa shape index (κ3) is 2.74. The number of anilines is 1. The van der Waals surface area contributed by atoms with Gasteiger partial charge in [-0.2, -0.15) is 0 Å². The van der Waals surface area contributed by atoms with E-state index in [2.05, 4.69) is 0 Å². The molecule has 0 aliphatic carbocycles. The Bertz CT molecular complexity index is 662. The number of nitrogen functional groups attached to an aromatic ring is 1. The molecule has 2 aromatic carbocycles. The van der Waals surface area contributed by atoms with Gasteiger partial charge in [-0.15, -0.1) is 0 Å². The van der Waals surface area contributed by atoms with Crippen LogP contribution in [-0.4, -0.2) is 11.4 Å². The molecule has 2 nitrogen and oxygen atoms in total. The van der Waals surface area contributed by atoms with E-state index in [1.807, 2.05) is 23.1 Å². The third-order valence-electron chi connectivity index (χ3n) is 3.84. The summed E-state index contributed by atoms with van der Waals surface area (Å²) in [6, 6.07) is 7.90. The Hall–Kier alpha value is -2.01. The van der Waals surface area contributed by atoms with Crippen LogP contribution in [0, 0.1) is 17.5 Å². The van der Waals surface area contributed by atoms with Crippen molar-refractivity contribution in [2.24, 2.45) is 0 Å². The Morgan fingerprint density at radius 3 is 2.52 bits per heavy atom. The Morgan fingerprint density at radius 1 is 1.10 bits per heavy atom. The molecule has 0 fully saturated rings. The van der Waals surface area contributed by atoms with Gasteiger partial charge in [-0.3, -0.25) is 4.90 Å². The van der Waals surface area contributed by atoms with Crippen LogP contribution in [0.1, 0.15) is 16.7 Å². The molecule has 2 aromatic rings. The van der Waals surface area contributed by atoms with E-state index in [0.29, 0.717) is 18.7 Å². The number of nitrogens with zero attached hydrogens (tertiary/aromatic N) is 1. The van der Waals surface area contributed by atoms with Crippen LogP contribution >= 0.6 is 0 Å². The van der Waals surface area contributed by atoms with Gasteiger partial charge in [0.25, 0.3) is 0 Å². The fraction of sp³-hybridized carbons (Fsp3) is 0.250. The highest BCUT2D eigenvalue weighted by Crippen LogP contribution is 2.25. The molecular formula is C16H15F3N2. The van der Waals surface area contributed by atoms with Crippen molar-refractivity contribution in [1.29, 1.82) is 0 Å². The second kappa shape index (κ2) is 5.41. The van der Waals surface area contributed by atoms with Gasteiger partial charge in [-0.1, -0.05) is 12.1 Å². The zero-order chi connectivity index (χ0) is 15.0. The molecule has 0 amide bonds. The van der Waals surface area contributed by atoms with Crippen LogP contribution in [0.15, 0.2) is 30.3 Å². The lowest BCUT2D eigenvalue weighted by Crippen LogP contribution is -2.30. The van der Waals surface area contributed by atoms with E-state index in [9.17, 15) is 13.2 Å². The highest BCUT2D eigenvalue weighted by Gasteiger charge is 2.19. The molecule has 2 N–H and O–H groups in total. The average molecular weight is 292 g/mol. The maximum absolute atomic E-state index is 13.2. The number of hydrogen-bond donors (Lipinski definition) is 1. The fourth-order valence-electron chi connectivity index (χ4n) is 2.76. The molecule has 0 saturated heterocycles. The maximum Gasteiger partial charge on any atom is 0.194 e. The molecule has 0 aromatic heterocycles. The van der Waals surface area contributed by atoms with Gasteiger partial charge in [0.2, 0.25) is 0 Å². The standard InChI is InChI=1S/C16H15F3N2/c17-13-6-10(7-14(18)16(13)19)8-21-5-4-11-2-1-3-15(20)12(11)9-21/h1-3,6-7H,4-5,8-9,20H2. The summed E-state index contributed by atoms with van der Waals surface area (Å²) in [5.74, 6) is -3.73. The number of hydrogen-bond acceptors (Lipinski definition) is 2. The van der Waals surface area contributed by atoms with Crippen molar-refractivity contribution in [1.82, 2.24) is 4.90 Å². The van der Waals surface area contributed by atoms with E-state index in [0.717, 1.165) is 36.3 Å². The quantitative estimate of drug-likeness (QED) is 0.680. The number of nitrogens with two attached hydrogens (primary N) is 1. The van der Waals surface area contributed by atoms with Gasteiger partial charge in [-0.25, -0.2) is 13.2 Å². The predicted molar refractivity (Wildman–Crippen MR) is 75.0 cm³/mol. The largest absolute Gasteiger partial charge is 0.398 e. The van der Waals surface area contributed by atoms with Crippen LogP contribution < -0.4 is 5.73 Å². The molecule has 0 saturated carbocycles. The molecule has 0 atom stereocenters. The summed E-state index contributed by atoms with van der Waals surface area (Å²) in [5, 5.41) is 0. The lowest BCUT2D eigenvalue weighted by molar-refractivity contribution is 0.245. The van der Waals surface area contributed by atoms with E-state index < -0.39 is 17.5 Å². The van der Waals surface area contributed by atoms with Gasteiger partial charge in [0.15, 0.2) is 17.5 Å². The Morgan fingerprint density at radius 2 is 1.81 bits per heavy atom. The van der Waals surface area contributed by atoms with Gasteiger partial charge in [0.05, 0.1) is 0 Å². The predicted octanol–water partition coefficient (Wildman–Crippen LogP) is 3.24. The van der Waals surface area contributed by atoms with E-state index in [-0.39, 0.29) is 0 Å². The number of benzene rings is 2. The van der Waals surface area contributed by atoms with E-state index in [4.69, 9.17) is 5.73 Å². The molecule has 1 aliphatic heterocycles. The summed E-state index contributed by atoms with van der Waals surface area (Å²) in [6.07, 6.45) is 0.840. The Kier molecular flexibility index (Phi) is 3.59. The molecule has 0 unspecified atom stereocenters. The molecule has 3 rings (SSSR count). The van der Waals surface area contributed by atoms with Crippen molar-refractivity contribution in [2.45, 2.75) is 19.5 Å². The van der Waals surface area contributed by atoms with Crippen LogP contribution in [0.3, 0.4) is 0 Å². The Balaban J connectivity index is 1.80. The van der Waals surface area contributed by atoms with Crippen molar-refractivity contribution in [3.05, 3.63) is 64.5 Å². The lowest BCUT2D eigenvalue weighted by atomic mass is 9.98. The van der Waals surface area contributed by atoms with E-state index in [1.54, 1.807) is 0 Å². The van der Waals surface area contributed by atoms with Gasteiger partial charge >= 0.3 is 0 Å². The number of fused-ring (bicyclic) bond motifs is 1. The molecule has 21 heavy (non-hydrogen) atoms. The fourth-order valence-corrected chi connectivity index (χ4v) is 2.76. The minimum atomic E-state index is -1.42. The Labute approximate surface area is 121 Å². The second-order valence-corrected chi connectivity index (χ2v) is 5.32. The van der Waals surface area contributed by atoms with Crippen molar-refractivity contribution < 1.29 is 13.2 Å². The topological polar surface area (TPSA) is 29.3 Å². The van der Waals surface area contributed by atoms with Crippen LogP contribution in [-0.2, 0) is 19.5 Å². The van der Waals surface area contributed by atoms with E-state index >= 15 is 0 Å². The zero-order valence-corrected chi connectivity index (χ0v) is 11.4. The van der Waals surface area contributed by atoms with Crippen molar-refractivity contribution >= 4 is 5.69 Å². The third-order valence-corrected chi connectivity index (χ3v) is 3.84. The van der Waals surface area contributed by atoms with Crippen molar-refractivity contribution in [3.8, 4) is 0 Å². The van der Waals surface area contributed by atoms with Gasteiger partial charge in [-0.05, 0) is 41.3 Å². The molecule has 0 radical (unpaired) electrons. The van der Waals surface area contributed by atoms with Crippen LogP contribution in [0.25, 0.3) is 0 Å². The minimum absolute atomic E-state index is 0.363. The summed E-state index contributed by atoms with van der Waals surface area (Å²) >= 11 is 0. The van der Waals surface area contributed by atoms with Crippen LogP contribution in [0.4, 0.5) is 18.9 Å². The summed E-state index contributed by atoms with van der Waals surface area (Å²) in [5.41, 5.74) is 9.39. The zero-order valence-electron chi connectivity index (χ0n) is 11.4. The first-order valence-electron chi connectivity index (χ1n) is 6.76. The molecule has 0 spiro atoms. The molecule has 5 heteroatoms. The monoisotopic (exact) mass is 292 g/mol. The summed E-state index contributed by atoms with van der Waals surface area (Å²) in [7, 11) is 0. The molecule has 110 valence electrons. The summed E-state index contributed by atoms with van der Waals surface area (Å²) in [6.45, 7) is 1.77. The summed E-state index contributed by atoms with van der Waals surface area (Å²) in [4.78, 5) is 2.05. The smallest absolute Gasteiger partial charge is 0.194 e. The van der Waals surface area contributed by atoms with Crippen LogP contribution in [0.5, 0.6) is 0 Å². The highest BCUT2D eigenvalue weighted by atomic mass is 19.2. The molecular weight excluding hydrogens is 277 g/mol. The number of halogens is 3. The van der Waals surface area contributed by atoms with Gasteiger partial charge < -0.3 is 5.73 Å². The molecule has 1 aliphatic rings. The van der Waals surface area contributed by atoms with Crippen molar-refractivity contribution in [2.75, 3.05) is 12.3 Å². The maximum atomic E-state index is 13.2. The van der Waals surface area contributed by atoms with Gasteiger partial charge in [0, 0.05) is 25.3 Å². The highest BCUT2D eigenvalue weighted by molar-refractivity contribution is 5.51. The summed E-state index contributed by atoms with van der Waals surface area (Å²) < 4.78 is 39.4. The first kappa shape index (κ1) is 13.9. The average Bonchev–Trinajstić information content (AvgIpc) is 2.45. The van der Waals surface area contributed by atoms with Gasteiger partial charge in [0.1, 0.15) is 0 Å². The lowest BCUT2D eigenvalue weighted by Gasteiger charge is -2.29. The van der Waals surface area contributed by atoms with E-state index in [1.165, 1.54) is 5.56 Å². The first-order chi connectivity index (χ1) is 10.0. The number of rotatable bonds is 2. The van der Waals surface area contributed by atoms with Crippen LogP contribution in [0.2, 0.25) is 0 Å². The first-order valence-corrected chi connectivity index (χ1v) is 6.76.